The molecular formula is C4H6MnN2S4Zn. The van der Waals surface area contributed by atoms with Crippen LogP contribution in [0.15, 0.2) is 0 Å². The normalized spacial score (nSPS) is 6.67. The minimum atomic E-state index is -2.09. The predicted octanol–water partition coefficient (Wildman–Crippen LogP) is 0.0970. The van der Waals surface area contributed by atoms with Gasteiger partial charge in [-0.2, -0.15) is 0 Å². The van der Waals surface area contributed by atoms with Crippen molar-refractivity contribution in [1.82, 2.24) is 8.12 Å². The van der Waals surface area contributed by atoms with Crippen LogP contribution >= 0.6 is 24.4 Å². The van der Waals surface area contributed by atoms with Gasteiger partial charge in [0.05, 0.1) is 0 Å². The Morgan fingerprint density at radius 3 is 1.75 bits per heavy atom. The number of nitrogens with one attached hydrogen (secondary N) is 2. The van der Waals surface area contributed by atoms with Crippen molar-refractivity contribution in [3.63, 3.8) is 0 Å². The van der Waals surface area contributed by atoms with Gasteiger partial charge < -0.3 is 0 Å². The third kappa shape index (κ3) is 9.32. The summed E-state index contributed by atoms with van der Waals surface area (Å²) in [6.45, 7) is 1.95. The van der Waals surface area contributed by atoms with E-state index in [1.54, 1.807) is 0 Å². The van der Waals surface area contributed by atoms with Crippen molar-refractivity contribution in [3.05, 3.63) is 0 Å². The molecule has 0 fully saturated rings. The summed E-state index contributed by atoms with van der Waals surface area (Å²) in [4.78, 5) is 0. The van der Waals surface area contributed by atoms with Gasteiger partial charge in [-0.1, -0.05) is 0 Å². The minimum absolute atomic E-state index is 0. The second kappa shape index (κ2) is 8.81. The van der Waals surface area contributed by atoms with E-state index >= 15 is 0 Å². The molecular weight excluding hydrogens is 325 g/mol. The maximum atomic E-state index is 4.71. The van der Waals surface area contributed by atoms with E-state index in [0.717, 1.165) is 0 Å². The molecule has 0 amide bonds. The van der Waals surface area contributed by atoms with E-state index in [9.17, 15) is 0 Å². The van der Waals surface area contributed by atoms with Gasteiger partial charge in [0.2, 0.25) is 0 Å². The van der Waals surface area contributed by atoms with E-state index in [-0.39, 0.29) is 17.1 Å². The zero-order chi connectivity index (χ0) is 8.85. The van der Waals surface area contributed by atoms with Crippen LogP contribution < -0.4 is 8.12 Å². The molecule has 0 atom stereocenters. The van der Waals surface area contributed by atoms with E-state index in [2.05, 4.69) is 8.12 Å². The van der Waals surface area contributed by atoms with E-state index in [1.807, 2.05) is 11.5 Å². The summed E-state index contributed by atoms with van der Waals surface area (Å²) in [6, 6.07) is 0. The zero-order valence-electron chi connectivity index (χ0n) is 6.30. The number of thiocarbonyl (C=S) groups is 2. The molecule has 0 aromatic carbocycles. The van der Waals surface area contributed by atoms with Crippen molar-refractivity contribution in [2.24, 2.45) is 0 Å². The first-order chi connectivity index (χ1) is 5.06. The fourth-order valence-electron chi connectivity index (χ4n) is 0.559. The summed E-state index contributed by atoms with van der Waals surface area (Å²) in [5, 5.41) is 0. The van der Waals surface area contributed by atoms with Gasteiger partial charge in [0, 0.05) is 0 Å². The molecule has 0 saturated heterocycles. The van der Waals surface area contributed by atoms with Gasteiger partial charge in [0.1, 0.15) is 0 Å². The molecule has 0 aliphatic carbocycles. The van der Waals surface area contributed by atoms with Crippen LogP contribution in [0.3, 0.4) is 0 Å². The molecule has 0 aliphatic rings. The predicted molar refractivity (Wildman–Crippen MR) is 57.9 cm³/mol. The van der Waals surface area contributed by atoms with Gasteiger partial charge in [0.25, 0.3) is 0 Å². The van der Waals surface area contributed by atoms with Gasteiger partial charge in [0.15, 0.2) is 0 Å². The summed E-state index contributed by atoms with van der Waals surface area (Å²) in [5.74, 6) is 0. The molecule has 0 saturated carbocycles. The second-order valence-electron chi connectivity index (χ2n) is 1.92. The largest absolute Gasteiger partial charge is 2.00 e. The summed E-state index contributed by atoms with van der Waals surface area (Å²) in [5.41, 5.74) is 0. The fraction of sp³-hybridized carbons (Fsp3) is 0.250. The maximum Gasteiger partial charge on any atom is 2.00 e. The first kappa shape index (κ1) is 15.7. The average molecular weight is 331 g/mol. The third-order valence-electron chi connectivity index (χ3n) is 1.08. The van der Waals surface area contributed by atoms with Gasteiger partial charge in [-0.15, -0.1) is 0 Å². The van der Waals surface area contributed by atoms with Crippen molar-refractivity contribution in [2.75, 3.05) is 0 Å². The molecule has 0 aromatic rings. The van der Waals surface area contributed by atoms with Crippen molar-refractivity contribution >= 4 is 62.9 Å². The average Bonchev–Trinajstić information content (AvgIpc) is 1.84. The summed E-state index contributed by atoms with van der Waals surface area (Å²) in [6.07, 6.45) is 0. The molecule has 0 aromatic heterocycles. The molecule has 12 heavy (non-hydrogen) atoms. The summed E-state index contributed by atoms with van der Waals surface area (Å²) < 4.78 is 8.81. The monoisotopic (exact) mass is 329 g/mol. The van der Waals surface area contributed by atoms with Crippen molar-refractivity contribution in [3.8, 4) is 0 Å². The van der Waals surface area contributed by atoms with Gasteiger partial charge in [-0.3, -0.25) is 0 Å². The van der Waals surface area contributed by atoms with Crippen molar-refractivity contribution in [2.45, 2.75) is 6.92 Å². The molecule has 0 bridgehead atoms. The van der Waals surface area contributed by atoms with Crippen LogP contribution in [0.25, 0.3) is 0 Å². The Bertz CT molecular complexity index is 189. The molecule has 65 valence electrons. The third-order valence-corrected chi connectivity index (χ3v) is 8.60. The standard InChI is InChI=1S/C2H4.2CH3NS2.Mn.Zn/c1-2;2*2-1(3)4;;/h1H,2H3;2*(H3,2,3,4);;/q;;;2*+2/p-4. The fourth-order valence-corrected chi connectivity index (χ4v) is 6.14. The van der Waals surface area contributed by atoms with Gasteiger partial charge >= 0.3 is 111 Å². The van der Waals surface area contributed by atoms with E-state index in [0.29, 0.717) is 8.64 Å². The Labute approximate surface area is 110 Å². The molecule has 0 spiro atoms. The Balaban J connectivity index is 0. The molecule has 8 heteroatoms. The van der Waals surface area contributed by atoms with E-state index in [1.165, 1.54) is 0 Å². The van der Waals surface area contributed by atoms with Gasteiger partial charge in [-0.05, 0) is 0 Å². The topological polar surface area (TPSA) is 24.1 Å². The minimum Gasteiger partial charge on any atom is 2.00 e. The van der Waals surface area contributed by atoms with Crippen LogP contribution in [0.1, 0.15) is 6.92 Å². The Kier molecular flexibility index (Phi) is 11.5. The Morgan fingerprint density at radius 1 is 1.25 bits per heavy atom. The molecule has 1 radical (unpaired) electrons. The first-order valence-corrected chi connectivity index (χ1v) is 9.32. The SMILES string of the molecule is C[CH]=[Zn]([NH]C(=S)[S-])[NH]C(=S)[S-].[Mn+2]. The first-order valence-electron chi connectivity index (χ1n) is 3.01. The second-order valence-corrected chi connectivity index (χ2v) is 9.72. The van der Waals surface area contributed by atoms with Crippen LogP contribution in [-0.2, 0) is 58.3 Å². The van der Waals surface area contributed by atoms with Crippen LogP contribution in [-0.4, -0.2) is 13.3 Å². The Hall–Kier alpha value is 1.23. The molecule has 2 nitrogen and oxygen atoms in total. The van der Waals surface area contributed by atoms with Crippen LogP contribution in [0.4, 0.5) is 0 Å². The number of rotatable bonds is 2. The molecule has 2 N–H and O–H groups in total. The smallest absolute Gasteiger partial charge is 2.00 e. The molecule has 0 heterocycles. The van der Waals surface area contributed by atoms with Crippen molar-refractivity contribution in [1.29, 1.82) is 0 Å². The van der Waals surface area contributed by atoms with Crippen LogP contribution in [0, 0.1) is 0 Å². The molecule has 0 rings (SSSR count). The molecule has 0 aliphatic heterocycles. The quantitative estimate of drug-likeness (QED) is 0.423. The summed E-state index contributed by atoms with van der Waals surface area (Å²) >= 11 is 16.7. The van der Waals surface area contributed by atoms with Crippen LogP contribution in [0.5, 0.6) is 0 Å². The maximum absolute atomic E-state index is 4.71. The van der Waals surface area contributed by atoms with Crippen molar-refractivity contribution < 1.29 is 33.0 Å². The van der Waals surface area contributed by atoms with E-state index < -0.39 is 16.0 Å². The zero-order valence-corrected chi connectivity index (χ0v) is 13.7. The summed E-state index contributed by atoms with van der Waals surface area (Å²) in [7, 11) is 0. The van der Waals surface area contributed by atoms with E-state index in [4.69, 9.17) is 49.7 Å². The van der Waals surface area contributed by atoms with Gasteiger partial charge in [-0.25, -0.2) is 0 Å². The molecule has 0 unspecified atom stereocenters. The van der Waals surface area contributed by atoms with Crippen LogP contribution in [0.2, 0.25) is 0 Å². The Morgan fingerprint density at radius 2 is 1.58 bits per heavy atom. The number of hydrogen-bond donors (Lipinski definition) is 2. The number of hydrogen-bond acceptors (Lipinski definition) is 4.